The Kier molecular flexibility index (Phi) is 1.37. The van der Waals surface area contributed by atoms with Crippen LogP contribution in [0.3, 0.4) is 0 Å². The molecule has 0 amide bonds. The van der Waals surface area contributed by atoms with Crippen LogP contribution in [0, 0.1) is 13.0 Å². The quantitative estimate of drug-likeness (QED) is 0.626. The largest absolute Gasteiger partial charge is 0.505 e. The minimum absolute atomic E-state index is 0.365. The zero-order valence-corrected chi connectivity index (χ0v) is 7.13. The van der Waals surface area contributed by atoms with Gasteiger partial charge in [-0.2, -0.15) is 0 Å². The molecule has 0 saturated heterocycles. The molecule has 0 spiro atoms. The van der Waals surface area contributed by atoms with Crippen LogP contribution in [0.4, 0.5) is 0 Å². The number of fused-ring (bicyclic) bond motifs is 1. The van der Waals surface area contributed by atoms with Crippen LogP contribution in [0.1, 0.15) is 5.69 Å². The van der Waals surface area contributed by atoms with E-state index in [0.29, 0.717) is 5.75 Å². The van der Waals surface area contributed by atoms with Gasteiger partial charge in [-0.25, -0.2) is 0 Å². The topological polar surface area (TPSA) is 25.2 Å². The second kappa shape index (κ2) is 2.27. The summed E-state index contributed by atoms with van der Waals surface area (Å²) in [5, 5.41) is 10.5. The average Bonchev–Trinajstić information content (AvgIpc) is 2.33. The van der Waals surface area contributed by atoms with Crippen LogP contribution in [0.2, 0.25) is 0 Å². The number of aromatic nitrogens is 1. The molecule has 61 valence electrons. The molecule has 2 heteroatoms. The van der Waals surface area contributed by atoms with Crippen molar-refractivity contribution in [3.05, 3.63) is 30.0 Å². The monoisotopic (exact) mass is 160 g/mol. The van der Waals surface area contributed by atoms with E-state index in [1.165, 1.54) is 0 Å². The highest BCUT2D eigenvalue weighted by atomic mass is 16.3. The molecule has 12 heavy (non-hydrogen) atoms. The summed E-state index contributed by atoms with van der Waals surface area (Å²) in [7, 11) is 1.94. The molecule has 0 atom stereocenters. The van der Waals surface area contributed by atoms with Gasteiger partial charge in [0.05, 0.1) is 11.2 Å². The standard InChI is InChI=1S/C10H10NO/c1-7-10(12)8-5-3-4-6-9(8)11(7)2/h4-6,12H,1-2H3. The van der Waals surface area contributed by atoms with E-state index in [-0.39, 0.29) is 0 Å². The van der Waals surface area contributed by atoms with Crippen LogP contribution < -0.4 is 0 Å². The molecule has 0 fully saturated rings. The van der Waals surface area contributed by atoms with Gasteiger partial charge in [-0.3, -0.25) is 0 Å². The first-order valence-corrected chi connectivity index (χ1v) is 3.86. The summed E-state index contributed by atoms with van der Waals surface area (Å²) in [5.41, 5.74) is 1.94. The molecule has 1 aromatic heterocycles. The molecule has 1 radical (unpaired) electrons. The van der Waals surface area contributed by atoms with E-state index >= 15 is 0 Å². The normalized spacial score (nSPS) is 10.8. The maximum Gasteiger partial charge on any atom is 0.144 e. The minimum Gasteiger partial charge on any atom is -0.505 e. The van der Waals surface area contributed by atoms with Crippen molar-refractivity contribution in [2.75, 3.05) is 0 Å². The summed E-state index contributed by atoms with van der Waals surface area (Å²) in [6, 6.07) is 8.54. The number of aryl methyl sites for hydroxylation is 1. The summed E-state index contributed by atoms with van der Waals surface area (Å²) in [4.78, 5) is 0. The lowest BCUT2D eigenvalue weighted by Gasteiger charge is -1.95. The zero-order chi connectivity index (χ0) is 8.72. The molecule has 0 saturated carbocycles. The summed E-state index contributed by atoms with van der Waals surface area (Å²) >= 11 is 0. The van der Waals surface area contributed by atoms with Gasteiger partial charge in [-0.1, -0.05) is 6.07 Å². The summed E-state index contributed by atoms with van der Waals surface area (Å²) in [5.74, 6) is 0.365. The molecular weight excluding hydrogens is 150 g/mol. The molecule has 1 aromatic carbocycles. The third-order valence-electron chi connectivity index (χ3n) is 2.30. The van der Waals surface area contributed by atoms with E-state index in [1.807, 2.05) is 30.7 Å². The van der Waals surface area contributed by atoms with Gasteiger partial charge < -0.3 is 9.67 Å². The van der Waals surface area contributed by atoms with Gasteiger partial charge in [0.2, 0.25) is 0 Å². The number of hydrogen-bond acceptors (Lipinski definition) is 1. The van der Waals surface area contributed by atoms with E-state index in [0.717, 1.165) is 16.6 Å². The van der Waals surface area contributed by atoms with E-state index in [2.05, 4.69) is 6.07 Å². The van der Waals surface area contributed by atoms with Crippen molar-refractivity contribution in [1.82, 2.24) is 4.57 Å². The molecule has 0 aliphatic carbocycles. The van der Waals surface area contributed by atoms with Crippen molar-refractivity contribution in [2.45, 2.75) is 6.92 Å². The highest BCUT2D eigenvalue weighted by molar-refractivity contribution is 5.87. The fourth-order valence-electron chi connectivity index (χ4n) is 1.44. The van der Waals surface area contributed by atoms with Crippen molar-refractivity contribution in [2.24, 2.45) is 7.05 Å². The second-order valence-corrected chi connectivity index (χ2v) is 2.94. The van der Waals surface area contributed by atoms with Crippen LogP contribution in [-0.2, 0) is 7.05 Å². The van der Waals surface area contributed by atoms with Gasteiger partial charge in [-0.15, -0.1) is 0 Å². The Balaban J connectivity index is 2.99. The van der Waals surface area contributed by atoms with Gasteiger partial charge in [0.15, 0.2) is 0 Å². The average molecular weight is 160 g/mol. The predicted octanol–water partition coefficient (Wildman–Crippen LogP) is 1.99. The maximum absolute atomic E-state index is 9.64. The van der Waals surface area contributed by atoms with E-state index < -0.39 is 0 Å². The lowest BCUT2D eigenvalue weighted by molar-refractivity contribution is 0.474. The Morgan fingerprint density at radius 1 is 1.50 bits per heavy atom. The van der Waals surface area contributed by atoms with Crippen LogP contribution in [0.5, 0.6) is 5.75 Å². The molecule has 2 rings (SSSR count). The predicted molar refractivity (Wildman–Crippen MR) is 48.2 cm³/mol. The number of aromatic hydroxyl groups is 1. The number of benzene rings is 1. The Bertz CT molecular complexity index is 390. The van der Waals surface area contributed by atoms with Crippen LogP contribution in [0.15, 0.2) is 18.2 Å². The van der Waals surface area contributed by atoms with E-state index in [9.17, 15) is 5.11 Å². The summed E-state index contributed by atoms with van der Waals surface area (Å²) in [6.45, 7) is 1.90. The smallest absolute Gasteiger partial charge is 0.144 e. The van der Waals surface area contributed by atoms with Crippen LogP contribution in [-0.4, -0.2) is 9.67 Å². The van der Waals surface area contributed by atoms with Gasteiger partial charge in [0.25, 0.3) is 0 Å². The molecule has 2 nitrogen and oxygen atoms in total. The first-order chi connectivity index (χ1) is 5.72. The third kappa shape index (κ3) is 0.749. The van der Waals surface area contributed by atoms with Gasteiger partial charge in [0, 0.05) is 12.4 Å². The van der Waals surface area contributed by atoms with Crippen molar-refractivity contribution in [3.63, 3.8) is 0 Å². The Labute approximate surface area is 71.1 Å². The number of nitrogens with zero attached hydrogens (tertiary/aromatic N) is 1. The van der Waals surface area contributed by atoms with Crippen molar-refractivity contribution < 1.29 is 5.11 Å². The Morgan fingerprint density at radius 3 is 2.92 bits per heavy atom. The van der Waals surface area contributed by atoms with Crippen molar-refractivity contribution in [3.8, 4) is 5.75 Å². The molecular formula is C10H10NO. The Morgan fingerprint density at radius 2 is 2.25 bits per heavy atom. The van der Waals surface area contributed by atoms with Gasteiger partial charge in [0.1, 0.15) is 5.75 Å². The fraction of sp³-hybridized carbons (Fsp3) is 0.200. The highest BCUT2D eigenvalue weighted by Gasteiger charge is 2.08. The second-order valence-electron chi connectivity index (χ2n) is 2.94. The molecule has 0 aliphatic heterocycles. The number of hydrogen-bond donors (Lipinski definition) is 1. The van der Waals surface area contributed by atoms with Gasteiger partial charge in [-0.05, 0) is 25.1 Å². The first-order valence-electron chi connectivity index (χ1n) is 3.86. The van der Waals surface area contributed by atoms with E-state index in [4.69, 9.17) is 0 Å². The molecule has 0 bridgehead atoms. The molecule has 0 unspecified atom stereocenters. The third-order valence-corrected chi connectivity index (χ3v) is 2.30. The minimum atomic E-state index is 0.365. The Hall–Kier alpha value is -1.44. The fourth-order valence-corrected chi connectivity index (χ4v) is 1.44. The molecule has 1 heterocycles. The van der Waals surface area contributed by atoms with Crippen molar-refractivity contribution >= 4 is 10.9 Å². The number of rotatable bonds is 0. The van der Waals surface area contributed by atoms with Crippen LogP contribution >= 0.6 is 0 Å². The lowest BCUT2D eigenvalue weighted by Crippen LogP contribution is -1.88. The van der Waals surface area contributed by atoms with Gasteiger partial charge >= 0.3 is 0 Å². The van der Waals surface area contributed by atoms with E-state index in [1.54, 1.807) is 6.07 Å². The first kappa shape index (κ1) is 7.22. The summed E-state index contributed by atoms with van der Waals surface area (Å²) < 4.78 is 1.97. The molecule has 1 N–H and O–H groups in total. The van der Waals surface area contributed by atoms with Crippen LogP contribution in [0.25, 0.3) is 10.9 Å². The van der Waals surface area contributed by atoms with Crippen molar-refractivity contribution in [1.29, 1.82) is 0 Å². The summed E-state index contributed by atoms with van der Waals surface area (Å²) in [6.07, 6.45) is 0. The lowest BCUT2D eigenvalue weighted by atomic mass is 10.2. The highest BCUT2D eigenvalue weighted by Crippen LogP contribution is 2.29. The molecule has 0 aliphatic rings. The zero-order valence-electron chi connectivity index (χ0n) is 7.13. The molecule has 2 aromatic rings. The maximum atomic E-state index is 9.64. The SMILES string of the molecule is Cc1c(O)c2c[c]ccc2n1C.